The Bertz CT molecular complexity index is 904. The van der Waals surface area contributed by atoms with Crippen LogP contribution in [0.2, 0.25) is 0 Å². The Kier molecular flexibility index (Phi) is 5.53. The van der Waals surface area contributed by atoms with Crippen molar-refractivity contribution in [2.45, 2.75) is 13.8 Å². The third kappa shape index (κ3) is 4.21. The second-order valence-electron chi connectivity index (χ2n) is 5.75. The summed E-state index contributed by atoms with van der Waals surface area (Å²) in [6.07, 6.45) is 0. The van der Waals surface area contributed by atoms with Crippen molar-refractivity contribution in [3.63, 3.8) is 0 Å². The first-order chi connectivity index (χ1) is 12.6. The van der Waals surface area contributed by atoms with E-state index in [-0.39, 0.29) is 12.5 Å². The molecule has 0 saturated heterocycles. The SMILES string of the molecule is COc1ccc(-c2nc(NC(=O)COc3ccccc3C)sc2C)cc1. The van der Waals surface area contributed by atoms with Gasteiger partial charge in [-0.2, -0.15) is 0 Å². The summed E-state index contributed by atoms with van der Waals surface area (Å²) in [7, 11) is 1.63. The van der Waals surface area contributed by atoms with Gasteiger partial charge in [-0.3, -0.25) is 10.1 Å². The van der Waals surface area contributed by atoms with Gasteiger partial charge in [-0.05, 0) is 49.7 Å². The van der Waals surface area contributed by atoms with Gasteiger partial charge in [-0.1, -0.05) is 18.2 Å². The number of methoxy groups -OCH3 is 1. The fourth-order valence-corrected chi connectivity index (χ4v) is 3.34. The molecule has 0 spiro atoms. The molecule has 1 amide bonds. The number of benzene rings is 2. The maximum Gasteiger partial charge on any atom is 0.264 e. The number of carbonyl (C=O) groups excluding carboxylic acids is 1. The van der Waals surface area contributed by atoms with Crippen LogP contribution in [0.15, 0.2) is 48.5 Å². The third-order valence-corrected chi connectivity index (χ3v) is 4.74. The van der Waals surface area contributed by atoms with Crippen LogP contribution in [0.5, 0.6) is 11.5 Å². The number of aromatic nitrogens is 1. The molecule has 2 aromatic carbocycles. The first-order valence-corrected chi connectivity index (χ1v) is 8.98. The number of aryl methyl sites for hydroxylation is 2. The van der Waals surface area contributed by atoms with E-state index in [9.17, 15) is 4.79 Å². The lowest BCUT2D eigenvalue weighted by atomic mass is 10.1. The predicted molar refractivity (Wildman–Crippen MR) is 104 cm³/mol. The maximum atomic E-state index is 12.2. The normalized spacial score (nSPS) is 10.4. The summed E-state index contributed by atoms with van der Waals surface area (Å²) in [5.41, 5.74) is 2.83. The Hall–Kier alpha value is -2.86. The van der Waals surface area contributed by atoms with Crippen molar-refractivity contribution in [2.75, 3.05) is 19.0 Å². The molecule has 0 radical (unpaired) electrons. The average molecular weight is 368 g/mol. The lowest BCUT2D eigenvalue weighted by Crippen LogP contribution is -2.20. The zero-order valence-corrected chi connectivity index (χ0v) is 15.7. The molecule has 3 rings (SSSR count). The van der Waals surface area contributed by atoms with E-state index in [0.717, 1.165) is 27.4 Å². The summed E-state index contributed by atoms with van der Waals surface area (Å²) in [5, 5.41) is 3.37. The van der Waals surface area contributed by atoms with Crippen molar-refractivity contribution < 1.29 is 14.3 Å². The van der Waals surface area contributed by atoms with Crippen LogP contribution in [0, 0.1) is 13.8 Å². The van der Waals surface area contributed by atoms with E-state index in [1.807, 2.05) is 62.4 Å². The van der Waals surface area contributed by atoms with Crippen LogP contribution in [0.25, 0.3) is 11.3 Å². The number of amides is 1. The number of anilines is 1. The molecule has 5 nitrogen and oxygen atoms in total. The number of nitrogens with one attached hydrogen (secondary N) is 1. The quantitative estimate of drug-likeness (QED) is 0.698. The van der Waals surface area contributed by atoms with Crippen LogP contribution in [0.3, 0.4) is 0 Å². The Morgan fingerprint density at radius 3 is 2.54 bits per heavy atom. The van der Waals surface area contributed by atoms with E-state index in [2.05, 4.69) is 10.3 Å². The molecule has 1 aromatic heterocycles. The predicted octanol–water partition coefficient (Wildman–Crippen LogP) is 4.45. The largest absolute Gasteiger partial charge is 0.497 e. The molecule has 26 heavy (non-hydrogen) atoms. The fourth-order valence-electron chi connectivity index (χ4n) is 2.48. The fraction of sp³-hybridized carbons (Fsp3) is 0.200. The Morgan fingerprint density at radius 2 is 1.85 bits per heavy atom. The van der Waals surface area contributed by atoms with Crippen LogP contribution in [0.1, 0.15) is 10.4 Å². The average Bonchev–Trinajstić information content (AvgIpc) is 3.01. The van der Waals surface area contributed by atoms with Gasteiger partial charge in [0.05, 0.1) is 12.8 Å². The first-order valence-electron chi connectivity index (χ1n) is 8.17. The zero-order valence-electron chi connectivity index (χ0n) is 14.9. The second-order valence-corrected chi connectivity index (χ2v) is 6.96. The number of para-hydroxylation sites is 1. The number of hydrogen-bond donors (Lipinski definition) is 1. The maximum absolute atomic E-state index is 12.2. The molecule has 0 aliphatic rings. The van der Waals surface area contributed by atoms with Crippen molar-refractivity contribution in [1.29, 1.82) is 0 Å². The van der Waals surface area contributed by atoms with E-state index < -0.39 is 0 Å². The first kappa shape index (κ1) is 17.9. The highest BCUT2D eigenvalue weighted by Crippen LogP contribution is 2.31. The molecule has 0 unspecified atom stereocenters. The number of hydrogen-bond acceptors (Lipinski definition) is 5. The Balaban J connectivity index is 1.65. The van der Waals surface area contributed by atoms with Gasteiger partial charge in [0.1, 0.15) is 11.5 Å². The molecular formula is C20H20N2O3S. The molecule has 134 valence electrons. The van der Waals surface area contributed by atoms with E-state index in [1.54, 1.807) is 7.11 Å². The molecule has 0 atom stereocenters. The monoisotopic (exact) mass is 368 g/mol. The van der Waals surface area contributed by atoms with E-state index in [1.165, 1.54) is 11.3 Å². The molecule has 3 aromatic rings. The smallest absolute Gasteiger partial charge is 0.264 e. The van der Waals surface area contributed by atoms with Gasteiger partial charge in [0.25, 0.3) is 5.91 Å². The van der Waals surface area contributed by atoms with Crippen molar-refractivity contribution >= 4 is 22.4 Å². The lowest BCUT2D eigenvalue weighted by molar-refractivity contribution is -0.118. The van der Waals surface area contributed by atoms with Gasteiger partial charge in [0, 0.05) is 10.4 Å². The molecule has 0 fully saturated rings. The standard InChI is InChI=1S/C20H20N2O3S/c1-13-6-4-5-7-17(13)25-12-18(23)21-20-22-19(14(2)26-20)15-8-10-16(24-3)11-9-15/h4-11H,12H2,1-3H3,(H,21,22,23). The van der Waals surface area contributed by atoms with Gasteiger partial charge in [-0.15, -0.1) is 11.3 Å². The van der Waals surface area contributed by atoms with Crippen molar-refractivity contribution in [2.24, 2.45) is 0 Å². The zero-order chi connectivity index (χ0) is 18.5. The Morgan fingerprint density at radius 1 is 1.12 bits per heavy atom. The van der Waals surface area contributed by atoms with Gasteiger partial charge >= 0.3 is 0 Å². The number of thiazole rings is 1. The second kappa shape index (κ2) is 8.01. The van der Waals surface area contributed by atoms with E-state index >= 15 is 0 Å². The minimum atomic E-state index is -0.233. The van der Waals surface area contributed by atoms with Crippen LogP contribution in [-0.4, -0.2) is 24.6 Å². The number of rotatable bonds is 6. The van der Waals surface area contributed by atoms with Crippen LogP contribution in [-0.2, 0) is 4.79 Å². The summed E-state index contributed by atoms with van der Waals surface area (Å²) >= 11 is 1.44. The lowest BCUT2D eigenvalue weighted by Gasteiger charge is -2.08. The van der Waals surface area contributed by atoms with Crippen molar-refractivity contribution in [1.82, 2.24) is 4.98 Å². The van der Waals surface area contributed by atoms with Gasteiger partial charge in [0.2, 0.25) is 0 Å². The minimum absolute atomic E-state index is 0.0542. The summed E-state index contributed by atoms with van der Waals surface area (Å²) < 4.78 is 10.7. The molecule has 1 N–H and O–H groups in total. The van der Waals surface area contributed by atoms with Crippen molar-refractivity contribution in [3.8, 4) is 22.8 Å². The molecule has 0 aliphatic carbocycles. The molecule has 0 saturated carbocycles. The minimum Gasteiger partial charge on any atom is -0.497 e. The van der Waals surface area contributed by atoms with Gasteiger partial charge in [0.15, 0.2) is 11.7 Å². The molecule has 6 heteroatoms. The molecule has 0 bridgehead atoms. The van der Waals surface area contributed by atoms with Crippen LogP contribution < -0.4 is 14.8 Å². The highest BCUT2D eigenvalue weighted by Gasteiger charge is 2.13. The summed E-state index contributed by atoms with van der Waals surface area (Å²) in [6.45, 7) is 3.87. The van der Waals surface area contributed by atoms with Gasteiger partial charge in [-0.25, -0.2) is 4.98 Å². The summed E-state index contributed by atoms with van der Waals surface area (Å²) in [4.78, 5) is 17.7. The molecule has 1 heterocycles. The van der Waals surface area contributed by atoms with E-state index in [4.69, 9.17) is 9.47 Å². The summed E-state index contributed by atoms with van der Waals surface area (Å²) in [5.74, 6) is 1.27. The highest BCUT2D eigenvalue weighted by atomic mass is 32.1. The molecular weight excluding hydrogens is 348 g/mol. The number of nitrogens with zero attached hydrogens (tertiary/aromatic N) is 1. The molecule has 0 aliphatic heterocycles. The van der Waals surface area contributed by atoms with Crippen molar-refractivity contribution in [3.05, 3.63) is 59.0 Å². The van der Waals surface area contributed by atoms with Crippen LogP contribution in [0.4, 0.5) is 5.13 Å². The number of ether oxygens (including phenoxy) is 2. The van der Waals surface area contributed by atoms with Crippen LogP contribution >= 0.6 is 11.3 Å². The third-order valence-electron chi connectivity index (χ3n) is 3.86. The number of carbonyl (C=O) groups is 1. The topological polar surface area (TPSA) is 60.5 Å². The highest BCUT2D eigenvalue weighted by molar-refractivity contribution is 7.16. The van der Waals surface area contributed by atoms with E-state index in [0.29, 0.717) is 10.9 Å². The van der Waals surface area contributed by atoms with Gasteiger partial charge < -0.3 is 9.47 Å². The Labute approximate surface area is 156 Å². The summed E-state index contributed by atoms with van der Waals surface area (Å²) in [6, 6.07) is 15.3.